The number of carbonyl (C=O) groups is 1. The number of piperidine rings is 1. The number of ether oxygens (including phenoxy) is 1. The number of aromatic nitrogens is 2. The minimum atomic E-state index is 0.0352. The van der Waals surface area contributed by atoms with Crippen LogP contribution in [0.25, 0.3) is 11.0 Å². The van der Waals surface area contributed by atoms with Gasteiger partial charge in [0.05, 0.1) is 30.2 Å². The maximum Gasteiger partial charge on any atom is 0.224 e. The molecule has 7 nitrogen and oxygen atoms in total. The second-order valence-electron chi connectivity index (χ2n) is 9.59. The third-order valence-electron chi connectivity index (χ3n) is 7.42. The Morgan fingerprint density at radius 1 is 1.03 bits per heavy atom. The molecule has 1 aliphatic carbocycles. The molecule has 2 aliphatic heterocycles. The first-order chi connectivity index (χ1) is 15.8. The van der Waals surface area contributed by atoms with Gasteiger partial charge < -0.3 is 19.5 Å². The maximum absolute atomic E-state index is 13.0. The van der Waals surface area contributed by atoms with Crippen molar-refractivity contribution in [2.75, 3.05) is 57.4 Å². The highest BCUT2D eigenvalue weighted by Crippen LogP contribution is 2.36. The molecule has 2 saturated heterocycles. The Bertz CT molecular complexity index is 901. The standard InChI is InChI=1S/C25H37N5O2/c31-24(26-12-14-28-15-17-32-18-16-28)20-7-6-13-29(19-20)25-27-22-10-4-5-11-23(22)30(25)21-8-2-1-3-9-21/h4-5,10-11,20-21H,1-3,6-9,12-19H2,(H,26,31)/t20-/m0/s1. The molecule has 1 aromatic carbocycles. The van der Waals surface area contributed by atoms with E-state index in [1.807, 2.05) is 0 Å². The topological polar surface area (TPSA) is 62.6 Å². The summed E-state index contributed by atoms with van der Waals surface area (Å²) in [5, 5.41) is 3.20. The zero-order valence-corrected chi connectivity index (χ0v) is 19.2. The minimum Gasteiger partial charge on any atom is -0.379 e. The summed E-state index contributed by atoms with van der Waals surface area (Å²) in [7, 11) is 0. The number of benzene rings is 1. The van der Waals surface area contributed by atoms with Crippen LogP contribution in [0, 0.1) is 5.92 Å². The number of carbonyl (C=O) groups excluding carboxylic acids is 1. The second kappa shape index (κ2) is 10.2. The highest BCUT2D eigenvalue weighted by atomic mass is 16.5. The third-order valence-corrected chi connectivity index (χ3v) is 7.42. The first-order valence-corrected chi connectivity index (χ1v) is 12.6. The number of anilines is 1. The smallest absolute Gasteiger partial charge is 0.224 e. The number of morpholine rings is 1. The van der Waals surface area contributed by atoms with Crippen molar-refractivity contribution in [3.63, 3.8) is 0 Å². The van der Waals surface area contributed by atoms with Gasteiger partial charge in [-0.2, -0.15) is 0 Å². The van der Waals surface area contributed by atoms with Gasteiger partial charge in [-0.05, 0) is 37.8 Å². The van der Waals surface area contributed by atoms with Gasteiger partial charge in [-0.15, -0.1) is 0 Å². The predicted molar refractivity (Wildman–Crippen MR) is 127 cm³/mol. The Kier molecular flexibility index (Phi) is 6.93. The predicted octanol–water partition coefficient (Wildman–Crippen LogP) is 3.21. The highest BCUT2D eigenvalue weighted by Gasteiger charge is 2.30. The van der Waals surface area contributed by atoms with Crippen molar-refractivity contribution in [1.29, 1.82) is 0 Å². The van der Waals surface area contributed by atoms with Crippen molar-refractivity contribution in [2.24, 2.45) is 5.92 Å². The van der Waals surface area contributed by atoms with Gasteiger partial charge >= 0.3 is 0 Å². The molecule has 1 saturated carbocycles. The number of rotatable bonds is 6. The monoisotopic (exact) mass is 439 g/mol. The number of para-hydroxylation sites is 2. The molecule has 174 valence electrons. The lowest BCUT2D eigenvalue weighted by Crippen LogP contribution is -2.46. The number of hydrogen-bond acceptors (Lipinski definition) is 5. The van der Waals surface area contributed by atoms with Crippen LogP contribution in [0.1, 0.15) is 51.0 Å². The van der Waals surface area contributed by atoms with E-state index in [0.717, 1.165) is 76.8 Å². The molecular weight excluding hydrogens is 402 g/mol. The van der Waals surface area contributed by atoms with Gasteiger partial charge in [-0.1, -0.05) is 31.4 Å². The van der Waals surface area contributed by atoms with Crippen LogP contribution in [0.15, 0.2) is 24.3 Å². The number of nitrogens with zero attached hydrogens (tertiary/aromatic N) is 4. The average molecular weight is 440 g/mol. The van der Waals surface area contributed by atoms with Gasteiger partial charge in [-0.3, -0.25) is 9.69 Å². The summed E-state index contributed by atoms with van der Waals surface area (Å²) in [6.07, 6.45) is 8.39. The number of imidazole rings is 1. The van der Waals surface area contributed by atoms with E-state index < -0.39 is 0 Å². The molecule has 1 N–H and O–H groups in total. The quantitative estimate of drug-likeness (QED) is 0.749. The summed E-state index contributed by atoms with van der Waals surface area (Å²) in [5.41, 5.74) is 2.32. The molecule has 1 aromatic heterocycles. The van der Waals surface area contributed by atoms with Gasteiger partial charge in [0.2, 0.25) is 11.9 Å². The Hall–Kier alpha value is -2.12. The summed E-state index contributed by atoms with van der Waals surface area (Å²) < 4.78 is 7.90. The molecule has 5 rings (SSSR count). The van der Waals surface area contributed by atoms with E-state index in [-0.39, 0.29) is 11.8 Å². The van der Waals surface area contributed by atoms with Crippen LogP contribution in [-0.4, -0.2) is 72.8 Å². The fourth-order valence-electron chi connectivity index (χ4n) is 5.63. The van der Waals surface area contributed by atoms with Crippen molar-refractivity contribution in [3.8, 4) is 0 Å². The molecule has 3 heterocycles. The van der Waals surface area contributed by atoms with Crippen LogP contribution in [-0.2, 0) is 9.53 Å². The van der Waals surface area contributed by atoms with Gasteiger partial charge in [0, 0.05) is 45.3 Å². The minimum absolute atomic E-state index is 0.0352. The number of fused-ring (bicyclic) bond motifs is 1. The van der Waals surface area contributed by atoms with Gasteiger partial charge in [0.15, 0.2) is 0 Å². The third kappa shape index (κ3) is 4.79. The molecule has 0 unspecified atom stereocenters. The Morgan fingerprint density at radius 2 is 1.84 bits per heavy atom. The largest absolute Gasteiger partial charge is 0.379 e. The molecule has 0 radical (unpaired) electrons. The molecule has 1 amide bonds. The van der Waals surface area contributed by atoms with E-state index >= 15 is 0 Å². The molecular formula is C25H37N5O2. The summed E-state index contributed by atoms with van der Waals surface area (Å²) >= 11 is 0. The van der Waals surface area contributed by atoms with Gasteiger partial charge in [0.1, 0.15) is 0 Å². The normalized spacial score (nSPS) is 23.5. The van der Waals surface area contributed by atoms with Crippen LogP contribution in [0.2, 0.25) is 0 Å². The van der Waals surface area contributed by atoms with Crippen LogP contribution in [0.4, 0.5) is 5.95 Å². The van der Waals surface area contributed by atoms with Crippen molar-refractivity contribution < 1.29 is 9.53 Å². The highest BCUT2D eigenvalue weighted by molar-refractivity contribution is 5.81. The molecule has 3 fully saturated rings. The zero-order chi connectivity index (χ0) is 21.8. The van der Waals surface area contributed by atoms with E-state index in [1.54, 1.807) is 0 Å². The Balaban J connectivity index is 1.27. The van der Waals surface area contributed by atoms with Crippen molar-refractivity contribution in [1.82, 2.24) is 19.8 Å². The lowest BCUT2D eigenvalue weighted by atomic mass is 9.95. The van der Waals surface area contributed by atoms with Gasteiger partial charge in [0.25, 0.3) is 0 Å². The number of hydrogen-bond donors (Lipinski definition) is 1. The first kappa shape index (κ1) is 21.7. The maximum atomic E-state index is 13.0. The fraction of sp³-hybridized carbons (Fsp3) is 0.680. The molecule has 1 atom stereocenters. The second-order valence-corrected chi connectivity index (χ2v) is 9.59. The van der Waals surface area contributed by atoms with Crippen molar-refractivity contribution >= 4 is 22.9 Å². The van der Waals surface area contributed by atoms with Crippen molar-refractivity contribution in [3.05, 3.63) is 24.3 Å². The number of nitrogens with one attached hydrogen (secondary N) is 1. The van der Waals surface area contributed by atoms with Crippen LogP contribution < -0.4 is 10.2 Å². The Labute approximate surface area is 191 Å². The van der Waals surface area contributed by atoms with Crippen LogP contribution in [0.3, 0.4) is 0 Å². The molecule has 0 spiro atoms. The summed E-state index contributed by atoms with van der Waals surface area (Å²) in [6.45, 7) is 6.89. The zero-order valence-electron chi connectivity index (χ0n) is 19.2. The average Bonchev–Trinajstić information content (AvgIpc) is 3.25. The summed E-state index contributed by atoms with van der Waals surface area (Å²) in [4.78, 5) is 22.8. The summed E-state index contributed by atoms with van der Waals surface area (Å²) in [5.74, 6) is 1.31. The first-order valence-electron chi connectivity index (χ1n) is 12.6. The van der Waals surface area contributed by atoms with E-state index in [4.69, 9.17) is 9.72 Å². The van der Waals surface area contributed by atoms with E-state index in [9.17, 15) is 4.79 Å². The molecule has 2 aromatic rings. The lowest BCUT2D eigenvalue weighted by Gasteiger charge is -2.35. The molecule has 3 aliphatic rings. The molecule has 7 heteroatoms. The van der Waals surface area contributed by atoms with E-state index in [1.165, 1.54) is 37.6 Å². The lowest BCUT2D eigenvalue weighted by molar-refractivity contribution is -0.125. The molecule has 32 heavy (non-hydrogen) atoms. The van der Waals surface area contributed by atoms with E-state index in [2.05, 4.69) is 43.9 Å². The van der Waals surface area contributed by atoms with Crippen LogP contribution >= 0.6 is 0 Å². The van der Waals surface area contributed by atoms with Crippen LogP contribution in [0.5, 0.6) is 0 Å². The fourth-order valence-corrected chi connectivity index (χ4v) is 5.63. The SMILES string of the molecule is O=C(NCCN1CCOCC1)[C@H]1CCCN(c2nc3ccccc3n2C2CCCCC2)C1. The van der Waals surface area contributed by atoms with E-state index in [0.29, 0.717) is 6.04 Å². The van der Waals surface area contributed by atoms with Gasteiger partial charge in [-0.25, -0.2) is 4.98 Å². The van der Waals surface area contributed by atoms with Crippen molar-refractivity contribution in [2.45, 2.75) is 51.0 Å². The summed E-state index contributed by atoms with van der Waals surface area (Å²) in [6, 6.07) is 9.05. The number of amides is 1. The molecule has 0 bridgehead atoms. The Morgan fingerprint density at radius 3 is 2.69 bits per heavy atom.